The van der Waals surface area contributed by atoms with Crippen molar-refractivity contribution in [2.75, 3.05) is 44.5 Å². The van der Waals surface area contributed by atoms with Gasteiger partial charge in [-0.05, 0) is 44.2 Å². The SMILES string of the molecule is COc1c(CNC2COC2)cnc(C(=O)Nc2cccc(-c3cccc(NC(=O)c4nc5c(n4C)CCN(C)C5)c3Cl)c2C)c1C. The lowest BCUT2D eigenvalue weighted by molar-refractivity contribution is -0.00586. The number of benzene rings is 2. The van der Waals surface area contributed by atoms with Gasteiger partial charge < -0.3 is 34.9 Å². The molecule has 11 nitrogen and oxygen atoms in total. The molecule has 0 aliphatic carbocycles. The van der Waals surface area contributed by atoms with Gasteiger partial charge in [-0.2, -0.15) is 0 Å². The summed E-state index contributed by atoms with van der Waals surface area (Å²) < 4.78 is 12.8. The maximum Gasteiger partial charge on any atom is 0.291 e. The Morgan fingerprint density at radius 2 is 1.74 bits per heavy atom. The van der Waals surface area contributed by atoms with Crippen molar-refractivity contribution in [3.05, 3.63) is 87.2 Å². The number of methoxy groups -OCH3 is 1. The summed E-state index contributed by atoms with van der Waals surface area (Å²) in [4.78, 5) is 38.1. The molecule has 3 N–H and O–H groups in total. The zero-order valence-electron chi connectivity index (χ0n) is 26.7. The Morgan fingerprint density at radius 1 is 1.02 bits per heavy atom. The summed E-state index contributed by atoms with van der Waals surface area (Å²) in [7, 11) is 5.51. The molecule has 0 saturated carbocycles. The standard InChI is InChI=1S/C34H38ClN7O4/c1-19-23(24-9-7-11-26(29(24)35)40-34(44)32-38-27-16-41(3)13-12-28(27)42(32)4)8-6-10-25(19)39-33(43)30-20(2)31(45-5)21(15-37-30)14-36-22-17-46-18-22/h6-11,15,22,36H,12-14,16-18H2,1-5H3,(H,39,43)(H,40,44). The number of nitrogens with zero attached hydrogens (tertiary/aromatic N) is 4. The average Bonchev–Trinajstić information content (AvgIpc) is 3.34. The van der Waals surface area contributed by atoms with Crippen LogP contribution in [0.5, 0.6) is 5.75 Å². The smallest absolute Gasteiger partial charge is 0.291 e. The minimum Gasteiger partial charge on any atom is -0.496 e. The third kappa shape index (κ3) is 6.11. The van der Waals surface area contributed by atoms with Crippen LogP contribution in [-0.2, 0) is 31.3 Å². The highest BCUT2D eigenvalue weighted by molar-refractivity contribution is 6.36. The second kappa shape index (κ2) is 13.2. The minimum absolute atomic E-state index is 0.280. The molecule has 4 aromatic rings. The van der Waals surface area contributed by atoms with Crippen LogP contribution in [-0.4, -0.2) is 71.2 Å². The fourth-order valence-corrected chi connectivity index (χ4v) is 6.29. The van der Waals surface area contributed by atoms with Crippen LogP contribution in [0.15, 0.2) is 42.6 Å². The highest BCUT2D eigenvalue weighted by Gasteiger charge is 2.25. The van der Waals surface area contributed by atoms with E-state index >= 15 is 0 Å². The van der Waals surface area contributed by atoms with Crippen molar-refractivity contribution >= 4 is 34.8 Å². The van der Waals surface area contributed by atoms with Gasteiger partial charge in [0.05, 0.1) is 42.8 Å². The van der Waals surface area contributed by atoms with Gasteiger partial charge in [-0.15, -0.1) is 0 Å². The fourth-order valence-electron chi connectivity index (χ4n) is 6.01. The summed E-state index contributed by atoms with van der Waals surface area (Å²) in [5.41, 5.74) is 7.26. The van der Waals surface area contributed by atoms with E-state index in [-0.39, 0.29) is 17.5 Å². The van der Waals surface area contributed by atoms with Gasteiger partial charge >= 0.3 is 0 Å². The Kier molecular flexibility index (Phi) is 9.10. The number of fused-ring (bicyclic) bond motifs is 1. The number of imidazole rings is 1. The van der Waals surface area contributed by atoms with Crippen LogP contribution in [0.2, 0.25) is 5.02 Å². The van der Waals surface area contributed by atoms with E-state index in [9.17, 15) is 9.59 Å². The molecule has 2 aromatic carbocycles. The maximum atomic E-state index is 13.5. The molecular weight excluding hydrogens is 606 g/mol. The molecule has 0 unspecified atom stereocenters. The Hall–Kier alpha value is -4.29. The predicted octanol–water partition coefficient (Wildman–Crippen LogP) is 4.74. The number of amides is 2. The van der Waals surface area contributed by atoms with E-state index in [4.69, 9.17) is 21.1 Å². The van der Waals surface area contributed by atoms with Gasteiger partial charge in [-0.1, -0.05) is 35.9 Å². The predicted molar refractivity (Wildman–Crippen MR) is 178 cm³/mol. The number of aromatic nitrogens is 3. The number of hydrogen-bond donors (Lipinski definition) is 3. The third-order valence-corrected chi connectivity index (χ3v) is 9.15. The van der Waals surface area contributed by atoms with Crippen LogP contribution < -0.4 is 20.7 Å². The second-order valence-corrected chi connectivity index (χ2v) is 12.2. The summed E-state index contributed by atoms with van der Waals surface area (Å²) in [5, 5.41) is 9.78. The zero-order valence-corrected chi connectivity index (χ0v) is 27.4. The molecule has 6 rings (SSSR count). The van der Waals surface area contributed by atoms with Crippen molar-refractivity contribution in [3.63, 3.8) is 0 Å². The number of nitrogens with one attached hydrogen (secondary N) is 3. The topological polar surface area (TPSA) is 123 Å². The van der Waals surface area contributed by atoms with E-state index in [0.29, 0.717) is 65.9 Å². The summed E-state index contributed by atoms with van der Waals surface area (Å²) in [6.45, 7) is 7.31. The fraction of sp³-hybridized carbons (Fsp3) is 0.353. The molecule has 0 spiro atoms. The van der Waals surface area contributed by atoms with E-state index in [1.807, 2.05) is 62.8 Å². The monoisotopic (exact) mass is 643 g/mol. The van der Waals surface area contributed by atoms with Crippen LogP contribution in [0.3, 0.4) is 0 Å². The summed E-state index contributed by atoms with van der Waals surface area (Å²) in [6.07, 6.45) is 2.52. The Labute approximate surface area is 273 Å². The maximum absolute atomic E-state index is 13.5. The number of carbonyl (C=O) groups is 2. The molecule has 0 radical (unpaired) electrons. The third-order valence-electron chi connectivity index (χ3n) is 8.74. The first kappa shape index (κ1) is 31.7. The molecule has 2 aliphatic heterocycles. The number of halogens is 1. The highest BCUT2D eigenvalue weighted by Crippen LogP contribution is 2.38. The van der Waals surface area contributed by atoms with E-state index in [0.717, 1.165) is 46.6 Å². The number of ether oxygens (including phenoxy) is 2. The zero-order chi connectivity index (χ0) is 32.5. The van der Waals surface area contributed by atoms with Gasteiger partial charge in [-0.25, -0.2) is 4.98 Å². The van der Waals surface area contributed by atoms with Crippen molar-refractivity contribution in [2.24, 2.45) is 7.05 Å². The molecule has 240 valence electrons. The normalized spacial score (nSPS) is 14.8. The van der Waals surface area contributed by atoms with Crippen LogP contribution >= 0.6 is 11.6 Å². The molecular formula is C34H38ClN7O4. The van der Waals surface area contributed by atoms with E-state index in [2.05, 4.69) is 30.8 Å². The Morgan fingerprint density at radius 3 is 2.46 bits per heavy atom. The molecule has 1 saturated heterocycles. The Bertz CT molecular complexity index is 1820. The molecule has 46 heavy (non-hydrogen) atoms. The van der Waals surface area contributed by atoms with Gasteiger partial charge in [0.2, 0.25) is 0 Å². The van der Waals surface area contributed by atoms with Gasteiger partial charge in [0, 0.05) is 67.4 Å². The number of carbonyl (C=O) groups excluding carboxylic acids is 2. The van der Waals surface area contributed by atoms with E-state index in [1.54, 1.807) is 19.4 Å². The lowest BCUT2D eigenvalue weighted by Crippen LogP contribution is -2.45. The van der Waals surface area contributed by atoms with Crippen molar-refractivity contribution in [1.29, 1.82) is 0 Å². The van der Waals surface area contributed by atoms with Crippen molar-refractivity contribution < 1.29 is 19.1 Å². The minimum atomic E-state index is -0.348. The molecule has 0 bridgehead atoms. The first-order chi connectivity index (χ1) is 22.2. The molecule has 1 fully saturated rings. The summed E-state index contributed by atoms with van der Waals surface area (Å²) >= 11 is 6.92. The molecule has 2 aliphatic rings. The van der Waals surface area contributed by atoms with Gasteiger partial charge in [-0.3, -0.25) is 14.6 Å². The van der Waals surface area contributed by atoms with Gasteiger partial charge in [0.1, 0.15) is 11.4 Å². The Balaban J connectivity index is 1.21. The average molecular weight is 644 g/mol. The molecule has 4 heterocycles. The lowest BCUT2D eigenvalue weighted by Gasteiger charge is -2.27. The van der Waals surface area contributed by atoms with Crippen LogP contribution in [0.4, 0.5) is 11.4 Å². The number of likely N-dealkylation sites (N-methyl/N-ethyl adjacent to an activating group) is 1. The number of pyridine rings is 1. The first-order valence-corrected chi connectivity index (χ1v) is 15.6. The van der Waals surface area contributed by atoms with Gasteiger partial charge in [0.15, 0.2) is 5.82 Å². The lowest BCUT2D eigenvalue weighted by atomic mass is 9.98. The number of hydrogen-bond acceptors (Lipinski definition) is 8. The largest absolute Gasteiger partial charge is 0.496 e. The first-order valence-electron chi connectivity index (χ1n) is 15.2. The number of rotatable bonds is 9. The van der Waals surface area contributed by atoms with E-state index < -0.39 is 0 Å². The summed E-state index contributed by atoms with van der Waals surface area (Å²) in [5.74, 6) is 0.301. The van der Waals surface area contributed by atoms with Crippen LogP contribution in [0.1, 0.15) is 49.2 Å². The van der Waals surface area contributed by atoms with Crippen LogP contribution in [0, 0.1) is 13.8 Å². The van der Waals surface area contributed by atoms with E-state index in [1.165, 1.54) is 0 Å². The molecule has 2 aromatic heterocycles. The van der Waals surface area contributed by atoms with Crippen molar-refractivity contribution in [3.8, 4) is 16.9 Å². The van der Waals surface area contributed by atoms with Crippen molar-refractivity contribution in [2.45, 2.75) is 39.4 Å². The number of anilines is 2. The molecule has 12 heteroatoms. The van der Waals surface area contributed by atoms with Gasteiger partial charge in [0.25, 0.3) is 11.8 Å². The van der Waals surface area contributed by atoms with Crippen molar-refractivity contribution in [1.82, 2.24) is 24.8 Å². The second-order valence-electron chi connectivity index (χ2n) is 11.8. The molecule has 2 amide bonds. The quantitative estimate of drug-likeness (QED) is 0.239. The summed E-state index contributed by atoms with van der Waals surface area (Å²) in [6, 6.07) is 11.4. The van der Waals surface area contributed by atoms with Crippen LogP contribution in [0.25, 0.3) is 11.1 Å². The molecule has 0 atom stereocenters. The highest BCUT2D eigenvalue weighted by atomic mass is 35.5.